The molecule has 5 nitrogen and oxygen atoms in total. The van der Waals surface area contributed by atoms with E-state index in [0.717, 1.165) is 33.3 Å². The minimum atomic E-state index is -0.521. The molecule has 2 aromatic rings. The molecule has 0 spiro atoms. The fourth-order valence-electron chi connectivity index (χ4n) is 2.79. The number of carbonyl (C=O) groups is 2. The lowest BCUT2D eigenvalue weighted by Crippen LogP contribution is -2.29. The molecule has 0 saturated heterocycles. The van der Waals surface area contributed by atoms with Crippen LogP contribution in [0.15, 0.2) is 33.8 Å². The highest BCUT2D eigenvalue weighted by molar-refractivity contribution is 9.10. The number of benzene rings is 1. The number of rotatable bonds is 7. The van der Waals surface area contributed by atoms with Gasteiger partial charge in [0, 0.05) is 10.2 Å². The first kappa shape index (κ1) is 21.4. The molecule has 0 aliphatic carbocycles. The Labute approximate surface area is 172 Å². The maximum absolute atomic E-state index is 12.5. The van der Waals surface area contributed by atoms with Crippen molar-refractivity contribution in [1.29, 1.82) is 0 Å². The smallest absolute Gasteiger partial charge is 0.251 e. The Morgan fingerprint density at radius 3 is 2.37 bits per heavy atom. The lowest BCUT2D eigenvalue weighted by molar-refractivity contribution is -0.119. The summed E-state index contributed by atoms with van der Waals surface area (Å²) in [6.07, 6.45) is 0.783. The molecule has 27 heavy (non-hydrogen) atoms. The number of nitrogens with two attached hydrogens (primary N) is 1. The molecule has 1 aromatic heterocycles. The molecule has 7 heteroatoms. The highest BCUT2D eigenvalue weighted by Gasteiger charge is 2.19. The molecule has 1 aromatic carbocycles. The third-order valence-electron chi connectivity index (χ3n) is 4.57. The molecule has 1 heterocycles. The van der Waals surface area contributed by atoms with Gasteiger partial charge in [0.05, 0.1) is 17.4 Å². The van der Waals surface area contributed by atoms with E-state index in [1.165, 1.54) is 11.8 Å². The minimum Gasteiger partial charge on any atom is -0.366 e. The summed E-state index contributed by atoms with van der Waals surface area (Å²) in [5.41, 5.74) is 9.58. The minimum absolute atomic E-state index is 0.0590. The standard InChI is InChI=1S/C20H24BrN3O2S/c1-5-16(14-6-8-15(21)9-7-14)24-17(25)10-27-20-18(19(22)26)12(3)11(2)13(4)23-20/h6-9,16H,5,10H2,1-4H3,(H2,22,26)(H,24,25)/t16-/m1/s1. The van der Waals surface area contributed by atoms with Crippen molar-refractivity contribution in [3.8, 4) is 0 Å². The Morgan fingerprint density at radius 1 is 1.19 bits per heavy atom. The quantitative estimate of drug-likeness (QED) is 0.619. The van der Waals surface area contributed by atoms with Crippen LogP contribution in [0.3, 0.4) is 0 Å². The summed E-state index contributed by atoms with van der Waals surface area (Å²) < 4.78 is 0.998. The largest absolute Gasteiger partial charge is 0.366 e. The van der Waals surface area contributed by atoms with Crippen LogP contribution in [0.25, 0.3) is 0 Å². The van der Waals surface area contributed by atoms with Crippen molar-refractivity contribution in [2.45, 2.75) is 45.2 Å². The zero-order valence-corrected chi connectivity index (χ0v) is 18.3. The molecular formula is C20H24BrN3O2S. The number of amides is 2. The van der Waals surface area contributed by atoms with Gasteiger partial charge in [-0.1, -0.05) is 46.7 Å². The summed E-state index contributed by atoms with van der Waals surface area (Å²) in [6, 6.07) is 7.84. The number of thioether (sulfide) groups is 1. The number of aryl methyl sites for hydroxylation is 1. The Bertz CT molecular complexity index is 853. The van der Waals surface area contributed by atoms with E-state index in [-0.39, 0.29) is 17.7 Å². The van der Waals surface area contributed by atoms with Crippen molar-refractivity contribution < 1.29 is 9.59 Å². The molecular weight excluding hydrogens is 426 g/mol. The first-order chi connectivity index (χ1) is 12.7. The molecule has 0 unspecified atom stereocenters. The van der Waals surface area contributed by atoms with Gasteiger partial charge in [0.25, 0.3) is 5.91 Å². The predicted octanol–water partition coefficient (Wildman–Crippen LogP) is 4.23. The number of nitrogens with one attached hydrogen (secondary N) is 1. The van der Waals surface area contributed by atoms with Crippen molar-refractivity contribution in [2.24, 2.45) is 5.73 Å². The Hall–Kier alpha value is -1.86. The number of carbonyl (C=O) groups excluding carboxylic acids is 2. The van der Waals surface area contributed by atoms with E-state index in [4.69, 9.17) is 5.73 Å². The van der Waals surface area contributed by atoms with Gasteiger partial charge in [-0.25, -0.2) is 4.98 Å². The van der Waals surface area contributed by atoms with Crippen molar-refractivity contribution in [3.05, 3.63) is 56.7 Å². The fourth-order valence-corrected chi connectivity index (χ4v) is 4.01. The molecule has 2 rings (SSSR count). The van der Waals surface area contributed by atoms with Gasteiger partial charge < -0.3 is 11.1 Å². The number of primary amides is 1. The lowest BCUT2D eigenvalue weighted by Gasteiger charge is -2.18. The van der Waals surface area contributed by atoms with Crippen LogP contribution in [0.4, 0.5) is 0 Å². The highest BCUT2D eigenvalue weighted by Crippen LogP contribution is 2.27. The van der Waals surface area contributed by atoms with Crippen LogP contribution in [0.5, 0.6) is 0 Å². The van der Waals surface area contributed by atoms with Crippen molar-refractivity contribution in [2.75, 3.05) is 5.75 Å². The van der Waals surface area contributed by atoms with Gasteiger partial charge in [0.15, 0.2) is 0 Å². The van der Waals surface area contributed by atoms with Crippen LogP contribution in [-0.2, 0) is 4.79 Å². The fraction of sp³-hybridized carbons (Fsp3) is 0.350. The van der Waals surface area contributed by atoms with E-state index in [2.05, 4.69) is 26.2 Å². The maximum atomic E-state index is 12.5. The maximum Gasteiger partial charge on any atom is 0.251 e. The summed E-state index contributed by atoms with van der Waals surface area (Å²) >= 11 is 4.66. The Morgan fingerprint density at radius 2 is 1.81 bits per heavy atom. The van der Waals surface area contributed by atoms with Gasteiger partial charge >= 0.3 is 0 Å². The Kier molecular flexibility index (Phi) is 7.44. The first-order valence-electron chi connectivity index (χ1n) is 8.69. The van der Waals surface area contributed by atoms with E-state index in [0.29, 0.717) is 10.6 Å². The van der Waals surface area contributed by atoms with E-state index in [1.807, 2.05) is 52.0 Å². The number of halogens is 1. The van der Waals surface area contributed by atoms with Gasteiger partial charge in [-0.2, -0.15) is 0 Å². The van der Waals surface area contributed by atoms with Gasteiger partial charge in [-0.05, 0) is 56.0 Å². The average Bonchev–Trinajstić information content (AvgIpc) is 2.62. The normalized spacial score (nSPS) is 11.9. The number of aromatic nitrogens is 1. The van der Waals surface area contributed by atoms with Crippen LogP contribution in [0, 0.1) is 20.8 Å². The second-order valence-corrected chi connectivity index (χ2v) is 8.24. The van der Waals surface area contributed by atoms with Crippen LogP contribution in [0.2, 0.25) is 0 Å². The van der Waals surface area contributed by atoms with E-state index in [1.54, 1.807) is 0 Å². The third kappa shape index (κ3) is 5.32. The molecule has 2 amide bonds. The molecule has 0 aliphatic heterocycles. The first-order valence-corrected chi connectivity index (χ1v) is 10.5. The molecule has 0 fully saturated rings. The SMILES string of the molecule is CC[C@@H](NC(=O)CSc1nc(C)c(C)c(C)c1C(N)=O)c1ccc(Br)cc1. The van der Waals surface area contributed by atoms with Crippen molar-refractivity contribution in [3.63, 3.8) is 0 Å². The van der Waals surface area contributed by atoms with Gasteiger partial charge in [-0.3, -0.25) is 9.59 Å². The van der Waals surface area contributed by atoms with Crippen molar-refractivity contribution in [1.82, 2.24) is 10.3 Å². The zero-order valence-electron chi connectivity index (χ0n) is 15.9. The predicted molar refractivity (Wildman–Crippen MR) is 113 cm³/mol. The van der Waals surface area contributed by atoms with E-state index in [9.17, 15) is 9.59 Å². The van der Waals surface area contributed by atoms with E-state index < -0.39 is 5.91 Å². The summed E-state index contributed by atoms with van der Waals surface area (Å²) in [5.74, 6) is -0.461. The molecule has 0 bridgehead atoms. The second kappa shape index (κ2) is 9.37. The molecule has 0 radical (unpaired) electrons. The lowest BCUT2D eigenvalue weighted by atomic mass is 10.0. The number of hydrogen-bond acceptors (Lipinski definition) is 4. The molecule has 3 N–H and O–H groups in total. The molecule has 1 atom stereocenters. The van der Waals surface area contributed by atoms with Crippen LogP contribution in [0.1, 0.15) is 52.1 Å². The number of hydrogen-bond donors (Lipinski definition) is 2. The summed E-state index contributed by atoms with van der Waals surface area (Å²) in [7, 11) is 0. The highest BCUT2D eigenvalue weighted by atomic mass is 79.9. The monoisotopic (exact) mass is 449 g/mol. The van der Waals surface area contributed by atoms with Crippen LogP contribution >= 0.6 is 27.7 Å². The summed E-state index contributed by atoms with van der Waals surface area (Å²) in [6.45, 7) is 7.68. The van der Waals surface area contributed by atoms with E-state index >= 15 is 0 Å². The number of pyridine rings is 1. The summed E-state index contributed by atoms with van der Waals surface area (Å²) in [4.78, 5) is 28.8. The molecule has 0 saturated carbocycles. The molecule has 144 valence electrons. The van der Waals surface area contributed by atoms with Gasteiger partial charge in [0.1, 0.15) is 5.03 Å². The number of nitrogens with zero attached hydrogens (tertiary/aromatic N) is 1. The summed E-state index contributed by atoms with van der Waals surface area (Å²) in [5, 5.41) is 3.55. The third-order valence-corrected chi connectivity index (χ3v) is 6.07. The molecule has 0 aliphatic rings. The zero-order chi connectivity index (χ0) is 20.1. The van der Waals surface area contributed by atoms with Gasteiger partial charge in [0.2, 0.25) is 5.91 Å². The average molecular weight is 450 g/mol. The topological polar surface area (TPSA) is 85.1 Å². The van der Waals surface area contributed by atoms with Crippen LogP contribution in [-0.4, -0.2) is 22.6 Å². The Balaban J connectivity index is 2.11. The second-order valence-electron chi connectivity index (χ2n) is 6.36. The van der Waals surface area contributed by atoms with Crippen LogP contribution < -0.4 is 11.1 Å². The van der Waals surface area contributed by atoms with Gasteiger partial charge in [-0.15, -0.1) is 0 Å². The van der Waals surface area contributed by atoms with Crippen molar-refractivity contribution >= 4 is 39.5 Å².